The Balaban J connectivity index is 1.72. The van der Waals surface area contributed by atoms with Gasteiger partial charge in [-0.2, -0.15) is 0 Å². The molecular formula is C17H20ClNO4. The molecule has 0 spiro atoms. The van der Waals surface area contributed by atoms with Crippen LogP contribution < -0.4 is 9.47 Å². The number of amides is 1. The van der Waals surface area contributed by atoms with Crippen LogP contribution in [0.15, 0.2) is 18.2 Å². The fraction of sp³-hybridized carbons (Fsp3) is 0.471. The third-order valence-electron chi connectivity index (χ3n) is 3.77. The monoisotopic (exact) mass is 337 g/mol. The van der Waals surface area contributed by atoms with Crippen molar-refractivity contribution in [3.63, 3.8) is 0 Å². The molecular weight excluding hydrogens is 318 g/mol. The molecule has 23 heavy (non-hydrogen) atoms. The summed E-state index contributed by atoms with van der Waals surface area (Å²) < 4.78 is 16.7. The first kappa shape index (κ1) is 16.1. The van der Waals surface area contributed by atoms with Crippen LogP contribution in [0.5, 0.6) is 11.5 Å². The summed E-state index contributed by atoms with van der Waals surface area (Å²) in [6.07, 6.45) is 3.42. The Labute approximate surface area is 140 Å². The zero-order valence-corrected chi connectivity index (χ0v) is 14.0. The molecule has 2 aliphatic heterocycles. The minimum Gasteiger partial charge on any atom is -0.486 e. The van der Waals surface area contributed by atoms with Crippen LogP contribution in [0.2, 0.25) is 5.02 Å². The number of halogens is 1. The summed E-state index contributed by atoms with van der Waals surface area (Å²) in [6, 6.07) is 3.60. The predicted octanol–water partition coefficient (Wildman–Crippen LogP) is 2.76. The van der Waals surface area contributed by atoms with Gasteiger partial charge in [0.15, 0.2) is 11.5 Å². The maximum atomic E-state index is 12.3. The van der Waals surface area contributed by atoms with Crippen molar-refractivity contribution in [2.45, 2.75) is 26.1 Å². The lowest BCUT2D eigenvalue weighted by Crippen LogP contribution is -2.47. The first-order chi connectivity index (χ1) is 11.0. The van der Waals surface area contributed by atoms with Gasteiger partial charge in [0, 0.05) is 19.2 Å². The van der Waals surface area contributed by atoms with Crippen LogP contribution >= 0.6 is 11.6 Å². The summed E-state index contributed by atoms with van der Waals surface area (Å²) in [6.45, 7) is 6.15. The summed E-state index contributed by atoms with van der Waals surface area (Å²) in [7, 11) is 0. The third-order valence-corrected chi connectivity index (χ3v) is 4.05. The van der Waals surface area contributed by atoms with Crippen LogP contribution in [0.4, 0.5) is 0 Å². The molecule has 5 nitrogen and oxygen atoms in total. The van der Waals surface area contributed by atoms with E-state index < -0.39 is 0 Å². The highest BCUT2D eigenvalue weighted by Gasteiger charge is 2.24. The minimum atomic E-state index is -0.0296. The lowest BCUT2D eigenvalue weighted by Gasteiger charge is -2.34. The van der Waals surface area contributed by atoms with E-state index >= 15 is 0 Å². The molecule has 2 aliphatic rings. The van der Waals surface area contributed by atoms with E-state index in [1.54, 1.807) is 23.1 Å². The van der Waals surface area contributed by atoms with Gasteiger partial charge in [0.25, 0.3) is 0 Å². The lowest BCUT2D eigenvalue weighted by atomic mass is 10.1. The van der Waals surface area contributed by atoms with Gasteiger partial charge in [-0.1, -0.05) is 11.6 Å². The molecule has 3 rings (SSSR count). The quantitative estimate of drug-likeness (QED) is 0.779. The second-order valence-corrected chi connectivity index (χ2v) is 6.27. The molecule has 0 N–H and O–H groups in total. The van der Waals surface area contributed by atoms with Gasteiger partial charge < -0.3 is 19.1 Å². The number of hydrogen-bond donors (Lipinski definition) is 0. The van der Waals surface area contributed by atoms with E-state index in [1.807, 2.05) is 19.9 Å². The van der Waals surface area contributed by atoms with Crippen molar-refractivity contribution < 1.29 is 19.0 Å². The second-order valence-electron chi connectivity index (χ2n) is 5.86. The molecule has 0 aromatic heterocycles. The zero-order chi connectivity index (χ0) is 16.4. The molecule has 2 atom stereocenters. The number of rotatable bonds is 2. The minimum absolute atomic E-state index is 0.0296. The summed E-state index contributed by atoms with van der Waals surface area (Å²) in [4.78, 5) is 14.1. The number of fused-ring (bicyclic) bond motifs is 1. The SMILES string of the molecule is CC1CN(C(=O)/C=C/c2cc(Cl)c3c(c2)OCCO3)CC(C)O1. The highest BCUT2D eigenvalue weighted by Crippen LogP contribution is 2.38. The van der Waals surface area contributed by atoms with Crippen LogP contribution in [0.1, 0.15) is 19.4 Å². The van der Waals surface area contributed by atoms with Crippen molar-refractivity contribution in [1.82, 2.24) is 4.90 Å². The molecule has 1 fully saturated rings. The van der Waals surface area contributed by atoms with Crippen molar-refractivity contribution >= 4 is 23.6 Å². The average Bonchev–Trinajstić information content (AvgIpc) is 2.52. The Morgan fingerprint density at radius 3 is 2.65 bits per heavy atom. The van der Waals surface area contributed by atoms with Gasteiger partial charge in [-0.15, -0.1) is 0 Å². The highest BCUT2D eigenvalue weighted by atomic mass is 35.5. The third kappa shape index (κ3) is 3.79. The number of morpholine rings is 1. The van der Waals surface area contributed by atoms with Gasteiger partial charge in [0.05, 0.1) is 17.2 Å². The van der Waals surface area contributed by atoms with Crippen LogP contribution in [-0.4, -0.2) is 49.3 Å². The summed E-state index contributed by atoms with van der Waals surface area (Å²) in [5.74, 6) is 1.15. The van der Waals surface area contributed by atoms with Crippen molar-refractivity contribution in [3.05, 3.63) is 28.8 Å². The largest absolute Gasteiger partial charge is 0.486 e. The molecule has 0 bridgehead atoms. The average molecular weight is 338 g/mol. The molecule has 1 aromatic rings. The van der Waals surface area contributed by atoms with Gasteiger partial charge >= 0.3 is 0 Å². The van der Waals surface area contributed by atoms with Crippen molar-refractivity contribution in [1.29, 1.82) is 0 Å². The normalized spacial score (nSPS) is 24.0. The topological polar surface area (TPSA) is 48.0 Å². The molecule has 124 valence electrons. The highest BCUT2D eigenvalue weighted by molar-refractivity contribution is 6.32. The van der Waals surface area contributed by atoms with Gasteiger partial charge in [0.1, 0.15) is 13.2 Å². The van der Waals surface area contributed by atoms with Gasteiger partial charge in [-0.3, -0.25) is 4.79 Å². The Morgan fingerprint density at radius 1 is 1.22 bits per heavy atom. The van der Waals surface area contributed by atoms with Crippen molar-refractivity contribution in [3.8, 4) is 11.5 Å². The second kappa shape index (κ2) is 6.81. The Kier molecular flexibility index (Phi) is 4.78. The van der Waals surface area contributed by atoms with E-state index in [0.29, 0.717) is 42.8 Å². The fourth-order valence-electron chi connectivity index (χ4n) is 2.86. The van der Waals surface area contributed by atoms with E-state index in [2.05, 4.69) is 0 Å². The molecule has 0 saturated carbocycles. The Hall–Kier alpha value is -1.72. The van der Waals surface area contributed by atoms with Crippen LogP contribution in [0, 0.1) is 0 Å². The van der Waals surface area contributed by atoms with E-state index in [1.165, 1.54) is 0 Å². The summed E-state index contributed by atoms with van der Waals surface area (Å²) in [5.41, 5.74) is 0.807. The number of nitrogens with zero attached hydrogens (tertiary/aromatic N) is 1. The molecule has 1 amide bonds. The molecule has 1 saturated heterocycles. The molecule has 2 unspecified atom stereocenters. The van der Waals surface area contributed by atoms with Crippen molar-refractivity contribution in [2.75, 3.05) is 26.3 Å². The van der Waals surface area contributed by atoms with Gasteiger partial charge in [0.2, 0.25) is 5.91 Å². The summed E-state index contributed by atoms with van der Waals surface area (Å²) >= 11 is 6.20. The number of ether oxygens (including phenoxy) is 3. The zero-order valence-electron chi connectivity index (χ0n) is 13.3. The summed E-state index contributed by atoms with van der Waals surface area (Å²) in [5, 5.41) is 0.489. The molecule has 2 heterocycles. The van der Waals surface area contributed by atoms with Crippen LogP contribution in [-0.2, 0) is 9.53 Å². The van der Waals surface area contributed by atoms with Gasteiger partial charge in [-0.05, 0) is 37.6 Å². The molecule has 6 heteroatoms. The van der Waals surface area contributed by atoms with Crippen LogP contribution in [0.25, 0.3) is 6.08 Å². The number of benzene rings is 1. The first-order valence-corrected chi connectivity index (χ1v) is 8.12. The first-order valence-electron chi connectivity index (χ1n) is 7.74. The predicted molar refractivity (Wildman–Crippen MR) is 88.1 cm³/mol. The van der Waals surface area contributed by atoms with E-state index in [9.17, 15) is 4.79 Å². The van der Waals surface area contributed by atoms with Crippen LogP contribution in [0.3, 0.4) is 0 Å². The lowest BCUT2D eigenvalue weighted by molar-refractivity contribution is -0.137. The number of carbonyl (C=O) groups is 1. The van der Waals surface area contributed by atoms with Crippen molar-refractivity contribution in [2.24, 2.45) is 0 Å². The molecule has 0 aliphatic carbocycles. The fourth-order valence-corrected chi connectivity index (χ4v) is 3.13. The Morgan fingerprint density at radius 2 is 1.91 bits per heavy atom. The smallest absolute Gasteiger partial charge is 0.246 e. The van der Waals surface area contributed by atoms with E-state index in [0.717, 1.165) is 5.56 Å². The standard InChI is InChI=1S/C17H20ClNO4/c1-11-9-19(10-12(2)23-11)16(20)4-3-13-7-14(18)17-15(8-13)21-5-6-22-17/h3-4,7-8,11-12H,5-6,9-10H2,1-2H3/b4-3+. The van der Waals surface area contributed by atoms with E-state index in [4.69, 9.17) is 25.8 Å². The maximum absolute atomic E-state index is 12.3. The molecule has 1 aromatic carbocycles. The maximum Gasteiger partial charge on any atom is 0.246 e. The van der Waals surface area contributed by atoms with Gasteiger partial charge in [-0.25, -0.2) is 0 Å². The number of hydrogen-bond acceptors (Lipinski definition) is 4. The Bertz CT molecular complexity index is 621. The number of carbonyl (C=O) groups excluding carboxylic acids is 1. The van der Waals surface area contributed by atoms with E-state index in [-0.39, 0.29) is 18.1 Å². The molecule has 0 radical (unpaired) electrons.